The van der Waals surface area contributed by atoms with Gasteiger partial charge in [0, 0.05) is 24.5 Å². The van der Waals surface area contributed by atoms with E-state index in [0.717, 1.165) is 18.8 Å². The lowest BCUT2D eigenvalue weighted by Gasteiger charge is -2.34. The number of nitrogens with one attached hydrogen (secondary N) is 1. The van der Waals surface area contributed by atoms with Gasteiger partial charge >= 0.3 is 0 Å². The summed E-state index contributed by atoms with van der Waals surface area (Å²) in [6.45, 7) is 3.66. The summed E-state index contributed by atoms with van der Waals surface area (Å²) in [6.07, 6.45) is 2.76. The van der Waals surface area contributed by atoms with Gasteiger partial charge in [0.15, 0.2) is 6.10 Å². The van der Waals surface area contributed by atoms with Gasteiger partial charge in [0.25, 0.3) is 5.91 Å². The Hall–Kier alpha value is -2.74. The standard InChI is InChI=1S/C22H27N3O4S/c1-2-30(27,28)25-16-21(29-20-9-5-4-8-19(20)25)22(26)23-17-10-12-18(13-11-17)24-14-6-3-7-15-24/h4-5,8-13,21H,2-3,6-7,14-16H2,1H3,(H,23,26)/t21-/m0/s1. The molecule has 2 heterocycles. The second kappa shape index (κ2) is 8.55. The number of rotatable bonds is 5. The van der Waals surface area contributed by atoms with Crippen molar-refractivity contribution in [1.29, 1.82) is 0 Å². The highest BCUT2D eigenvalue weighted by atomic mass is 32.2. The lowest BCUT2D eigenvalue weighted by molar-refractivity contribution is -0.122. The molecule has 160 valence electrons. The van der Waals surface area contributed by atoms with Crippen molar-refractivity contribution in [3.05, 3.63) is 48.5 Å². The Labute approximate surface area is 177 Å². The Kier molecular flexibility index (Phi) is 5.85. The normalized spacial score (nSPS) is 19.0. The van der Waals surface area contributed by atoms with Gasteiger partial charge in [-0.2, -0.15) is 0 Å². The molecule has 0 radical (unpaired) electrons. The van der Waals surface area contributed by atoms with E-state index in [2.05, 4.69) is 10.2 Å². The smallest absolute Gasteiger partial charge is 0.267 e. The molecular formula is C22H27N3O4S. The maximum atomic E-state index is 12.9. The van der Waals surface area contributed by atoms with E-state index in [1.54, 1.807) is 31.2 Å². The Morgan fingerprint density at radius 1 is 1.07 bits per heavy atom. The molecule has 0 aliphatic carbocycles. The van der Waals surface area contributed by atoms with Crippen molar-refractivity contribution in [3.8, 4) is 5.75 Å². The minimum Gasteiger partial charge on any atom is -0.476 e. The van der Waals surface area contributed by atoms with Gasteiger partial charge in [0.2, 0.25) is 10.0 Å². The number of piperidine rings is 1. The van der Waals surface area contributed by atoms with Gasteiger partial charge in [0.05, 0.1) is 18.0 Å². The molecule has 1 atom stereocenters. The van der Waals surface area contributed by atoms with E-state index in [0.29, 0.717) is 17.1 Å². The molecule has 0 aromatic heterocycles. The monoisotopic (exact) mass is 429 g/mol. The Bertz CT molecular complexity index is 1000. The Balaban J connectivity index is 1.48. The number of benzene rings is 2. The summed E-state index contributed by atoms with van der Waals surface area (Å²) in [6, 6.07) is 14.6. The zero-order valence-corrected chi connectivity index (χ0v) is 17.9. The van der Waals surface area contributed by atoms with Gasteiger partial charge in [-0.25, -0.2) is 8.42 Å². The third-order valence-electron chi connectivity index (χ3n) is 5.58. The fourth-order valence-electron chi connectivity index (χ4n) is 3.89. The lowest BCUT2D eigenvalue weighted by atomic mass is 10.1. The van der Waals surface area contributed by atoms with Crippen LogP contribution in [0.15, 0.2) is 48.5 Å². The van der Waals surface area contributed by atoms with Gasteiger partial charge in [-0.15, -0.1) is 0 Å². The van der Waals surface area contributed by atoms with Crippen molar-refractivity contribution in [2.24, 2.45) is 0 Å². The highest BCUT2D eigenvalue weighted by Crippen LogP contribution is 2.35. The largest absolute Gasteiger partial charge is 0.476 e. The fourth-order valence-corrected chi connectivity index (χ4v) is 5.01. The summed E-state index contributed by atoms with van der Waals surface area (Å²) in [5, 5.41) is 2.86. The minimum absolute atomic E-state index is 0.0480. The molecule has 0 spiro atoms. The number of hydrogen-bond donors (Lipinski definition) is 1. The number of para-hydroxylation sites is 2. The van der Waals surface area contributed by atoms with Crippen molar-refractivity contribution >= 4 is 33.0 Å². The zero-order chi connectivity index (χ0) is 21.1. The first-order chi connectivity index (χ1) is 14.5. The van der Waals surface area contributed by atoms with Crippen LogP contribution in [0.25, 0.3) is 0 Å². The molecule has 2 aliphatic heterocycles. The second-order valence-electron chi connectivity index (χ2n) is 7.59. The molecule has 1 amide bonds. The van der Waals surface area contributed by atoms with Crippen LogP contribution in [-0.4, -0.2) is 45.8 Å². The van der Waals surface area contributed by atoms with Crippen molar-refractivity contribution in [3.63, 3.8) is 0 Å². The number of sulfonamides is 1. The van der Waals surface area contributed by atoms with Crippen LogP contribution >= 0.6 is 0 Å². The van der Waals surface area contributed by atoms with E-state index >= 15 is 0 Å². The van der Waals surface area contributed by atoms with E-state index in [4.69, 9.17) is 4.74 Å². The SMILES string of the molecule is CCS(=O)(=O)N1C[C@@H](C(=O)Nc2ccc(N3CCCCC3)cc2)Oc2ccccc21. The van der Waals surface area contributed by atoms with Gasteiger partial charge < -0.3 is 15.0 Å². The quantitative estimate of drug-likeness (QED) is 0.789. The molecular weight excluding hydrogens is 402 g/mol. The van der Waals surface area contributed by atoms with Crippen LogP contribution in [-0.2, 0) is 14.8 Å². The third kappa shape index (κ3) is 4.23. The van der Waals surface area contributed by atoms with E-state index in [9.17, 15) is 13.2 Å². The number of carbonyl (C=O) groups is 1. The first-order valence-electron chi connectivity index (χ1n) is 10.4. The van der Waals surface area contributed by atoms with Crippen LogP contribution in [0.3, 0.4) is 0 Å². The number of anilines is 3. The Morgan fingerprint density at radius 2 is 1.77 bits per heavy atom. The van der Waals surface area contributed by atoms with Crippen molar-refractivity contribution in [1.82, 2.24) is 0 Å². The van der Waals surface area contributed by atoms with Crippen molar-refractivity contribution in [2.75, 3.05) is 39.9 Å². The minimum atomic E-state index is -3.52. The number of ether oxygens (including phenoxy) is 1. The average Bonchev–Trinajstić information content (AvgIpc) is 2.79. The summed E-state index contributed by atoms with van der Waals surface area (Å²) in [5.74, 6) is -0.0268. The van der Waals surface area contributed by atoms with Gasteiger partial charge in [-0.05, 0) is 62.6 Å². The summed E-state index contributed by atoms with van der Waals surface area (Å²) in [7, 11) is -3.52. The molecule has 7 nitrogen and oxygen atoms in total. The molecule has 1 fully saturated rings. The van der Waals surface area contributed by atoms with E-state index in [-0.39, 0.29) is 18.2 Å². The summed E-state index contributed by atoms with van der Waals surface area (Å²) < 4.78 is 32.2. The maximum Gasteiger partial charge on any atom is 0.267 e. The second-order valence-corrected chi connectivity index (χ2v) is 9.77. The van der Waals surface area contributed by atoms with Gasteiger partial charge in [-0.1, -0.05) is 12.1 Å². The van der Waals surface area contributed by atoms with Crippen LogP contribution in [0.2, 0.25) is 0 Å². The molecule has 4 rings (SSSR count). The number of amides is 1. The Morgan fingerprint density at radius 3 is 2.47 bits per heavy atom. The lowest BCUT2D eigenvalue weighted by Crippen LogP contribution is -2.49. The number of hydrogen-bond acceptors (Lipinski definition) is 5. The third-order valence-corrected chi connectivity index (χ3v) is 7.33. The van der Waals surface area contributed by atoms with Crippen molar-refractivity contribution < 1.29 is 17.9 Å². The van der Waals surface area contributed by atoms with Gasteiger partial charge in [-0.3, -0.25) is 9.10 Å². The molecule has 0 unspecified atom stereocenters. The summed E-state index contributed by atoms with van der Waals surface area (Å²) in [4.78, 5) is 15.2. The molecule has 1 saturated heterocycles. The topological polar surface area (TPSA) is 79.0 Å². The average molecular weight is 430 g/mol. The molecule has 2 aromatic carbocycles. The summed E-state index contributed by atoms with van der Waals surface area (Å²) in [5.41, 5.74) is 2.28. The number of nitrogens with zero attached hydrogens (tertiary/aromatic N) is 2. The van der Waals surface area contributed by atoms with Crippen LogP contribution in [0.4, 0.5) is 17.1 Å². The predicted molar refractivity (Wildman–Crippen MR) is 119 cm³/mol. The van der Waals surface area contributed by atoms with Gasteiger partial charge in [0.1, 0.15) is 5.75 Å². The predicted octanol–water partition coefficient (Wildman–Crippen LogP) is 3.23. The first kappa shape index (κ1) is 20.5. The fraction of sp³-hybridized carbons (Fsp3) is 0.409. The van der Waals surface area contributed by atoms with Crippen LogP contribution in [0, 0.1) is 0 Å². The molecule has 1 N–H and O–H groups in total. The summed E-state index contributed by atoms with van der Waals surface area (Å²) >= 11 is 0. The van der Waals surface area contributed by atoms with Crippen LogP contribution < -0.4 is 19.3 Å². The molecule has 0 bridgehead atoms. The highest BCUT2D eigenvalue weighted by molar-refractivity contribution is 7.92. The molecule has 8 heteroatoms. The number of fused-ring (bicyclic) bond motifs is 1. The van der Waals surface area contributed by atoms with Crippen molar-refractivity contribution in [2.45, 2.75) is 32.3 Å². The first-order valence-corrected chi connectivity index (χ1v) is 12.0. The van der Waals surface area contributed by atoms with E-state index < -0.39 is 16.1 Å². The molecule has 2 aromatic rings. The zero-order valence-electron chi connectivity index (χ0n) is 17.1. The highest BCUT2D eigenvalue weighted by Gasteiger charge is 2.35. The number of carbonyl (C=O) groups excluding carboxylic acids is 1. The molecule has 0 saturated carbocycles. The van der Waals surface area contributed by atoms with Crippen LogP contribution in [0.1, 0.15) is 26.2 Å². The maximum absolute atomic E-state index is 12.9. The van der Waals surface area contributed by atoms with E-state index in [1.807, 2.05) is 24.3 Å². The van der Waals surface area contributed by atoms with Crippen LogP contribution in [0.5, 0.6) is 5.75 Å². The molecule has 30 heavy (non-hydrogen) atoms. The molecule has 2 aliphatic rings. The van der Waals surface area contributed by atoms with E-state index in [1.165, 1.54) is 23.6 Å².